The molecule has 17 heavy (non-hydrogen) atoms. The Hall–Kier alpha value is -0.660. The van der Waals surface area contributed by atoms with Gasteiger partial charge in [-0.1, -0.05) is 6.92 Å². The van der Waals surface area contributed by atoms with Crippen LogP contribution in [0.25, 0.3) is 0 Å². The van der Waals surface area contributed by atoms with Crippen LogP contribution in [0.15, 0.2) is 0 Å². The molecule has 6 nitrogen and oxygen atoms in total. The minimum absolute atomic E-state index is 0.0366. The van der Waals surface area contributed by atoms with Gasteiger partial charge in [-0.05, 0) is 12.8 Å². The second-order valence-corrected chi connectivity index (χ2v) is 6.09. The molecule has 0 aromatic carbocycles. The summed E-state index contributed by atoms with van der Waals surface area (Å²) in [4.78, 5) is 11.3. The fraction of sp³-hybridized carbons (Fsp3) is 0.900. The van der Waals surface area contributed by atoms with Crippen molar-refractivity contribution in [3.8, 4) is 0 Å². The maximum atomic E-state index is 11.4. The van der Waals surface area contributed by atoms with Crippen LogP contribution >= 0.6 is 0 Å². The van der Waals surface area contributed by atoms with Crippen LogP contribution in [0.5, 0.6) is 0 Å². The number of rotatable bonds is 6. The summed E-state index contributed by atoms with van der Waals surface area (Å²) in [5, 5.41) is 5.92. The Labute approximate surface area is 103 Å². The molecular formula is C10H21N3O3S. The van der Waals surface area contributed by atoms with E-state index in [9.17, 15) is 13.2 Å². The Morgan fingerprint density at radius 3 is 2.94 bits per heavy atom. The molecule has 0 spiro atoms. The van der Waals surface area contributed by atoms with Crippen LogP contribution in [0.2, 0.25) is 0 Å². The predicted octanol–water partition coefficient (Wildman–Crippen LogP) is -0.816. The number of hydrogen-bond acceptors (Lipinski definition) is 4. The lowest BCUT2D eigenvalue weighted by Gasteiger charge is -2.14. The fourth-order valence-electron chi connectivity index (χ4n) is 1.84. The van der Waals surface area contributed by atoms with Gasteiger partial charge in [0.15, 0.2) is 0 Å². The monoisotopic (exact) mass is 263 g/mol. The van der Waals surface area contributed by atoms with Crippen molar-refractivity contribution in [2.45, 2.75) is 32.2 Å². The highest BCUT2D eigenvalue weighted by atomic mass is 32.2. The highest BCUT2D eigenvalue weighted by molar-refractivity contribution is 7.89. The lowest BCUT2D eigenvalue weighted by molar-refractivity contribution is -0.121. The molecule has 0 saturated carbocycles. The van der Waals surface area contributed by atoms with E-state index in [1.54, 1.807) is 6.92 Å². The third-order valence-corrected chi connectivity index (χ3v) is 4.12. The van der Waals surface area contributed by atoms with E-state index in [1.165, 1.54) is 0 Å². The van der Waals surface area contributed by atoms with Gasteiger partial charge in [-0.25, -0.2) is 13.1 Å². The first-order valence-corrected chi connectivity index (χ1v) is 7.66. The Morgan fingerprint density at radius 2 is 2.24 bits per heavy atom. The van der Waals surface area contributed by atoms with Gasteiger partial charge < -0.3 is 10.6 Å². The molecule has 0 aliphatic carbocycles. The molecule has 1 rings (SSSR count). The topological polar surface area (TPSA) is 87.3 Å². The second kappa shape index (κ2) is 6.93. The van der Waals surface area contributed by atoms with Crippen molar-refractivity contribution >= 4 is 15.9 Å². The third-order valence-electron chi connectivity index (χ3n) is 2.65. The van der Waals surface area contributed by atoms with Gasteiger partial charge in [0, 0.05) is 32.1 Å². The number of carbonyl (C=O) groups is 1. The molecule has 1 aliphatic rings. The first-order chi connectivity index (χ1) is 8.03. The van der Waals surface area contributed by atoms with E-state index >= 15 is 0 Å². The largest absolute Gasteiger partial charge is 0.356 e. The van der Waals surface area contributed by atoms with Gasteiger partial charge in [0.25, 0.3) is 0 Å². The maximum Gasteiger partial charge on any atom is 0.221 e. The number of carbonyl (C=O) groups excluding carboxylic acids is 1. The van der Waals surface area contributed by atoms with E-state index in [0.29, 0.717) is 26.1 Å². The third kappa shape index (κ3) is 5.99. The zero-order valence-corrected chi connectivity index (χ0v) is 11.0. The molecular weight excluding hydrogens is 242 g/mol. The Morgan fingerprint density at radius 1 is 1.47 bits per heavy atom. The van der Waals surface area contributed by atoms with Gasteiger partial charge in [0.2, 0.25) is 15.9 Å². The predicted molar refractivity (Wildman–Crippen MR) is 66.1 cm³/mol. The van der Waals surface area contributed by atoms with Crippen molar-refractivity contribution in [3.63, 3.8) is 0 Å². The minimum Gasteiger partial charge on any atom is -0.356 e. The molecule has 7 heteroatoms. The van der Waals surface area contributed by atoms with Crippen LogP contribution in [-0.2, 0) is 14.8 Å². The summed E-state index contributed by atoms with van der Waals surface area (Å²) in [5.74, 6) is 0.0911. The summed E-state index contributed by atoms with van der Waals surface area (Å²) in [6.45, 7) is 3.26. The molecule has 1 aliphatic heterocycles. The van der Waals surface area contributed by atoms with Gasteiger partial charge in [-0.2, -0.15) is 0 Å². The molecule has 1 fully saturated rings. The Balaban J connectivity index is 2.28. The molecule has 3 N–H and O–H groups in total. The fourth-order valence-corrected chi connectivity index (χ4v) is 2.81. The van der Waals surface area contributed by atoms with Gasteiger partial charge in [0.1, 0.15) is 0 Å². The summed E-state index contributed by atoms with van der Waals surface area (Å²) in [6, 6.07) is 0.0920. The molecule has 0 bridgehead atoms. The van der Waals surface area contributed by atoms with Crippen LogP contribution in [0.4, 0.5) is 0 Å². The van der Waals surface area contributed by atoms with E-state index < -0.39 is 10.0 Å². The smallest absolute Gasteiger partial charge is 0.221 e. The number of sulfonamides is 1. The van der Waals surface area contributed by atoms with Crippen LogP contribution in [0, 0.1) is 0 Å². The normalized spacial score (nSPS) is 21.9. The number of nitrogens with one attached hydrogen (secondary N) is 3. The lowest BCUT2D eigenvalue weighted by Crippen LogP contribution is -2.37. The van der Waals surface area contributed by atoms with E-state index in [2.05, 4.69) is 15.4 Å². The number of hydrogen-bond donors (Lipinski definition) is 3. The molecule has 100 valence electrons. The van der Waals surface area contributed by atoms with Crippen molar-refractivity contribution in [1.82, 2.24) is 15.4 Å². The Bertz CT molecular complexity index is 343. The molecule has 1 heterocycles. The van der Waals surface area contributed by atoms with E-state index in [1.807, 2.05) is 0 Å². The quantitative estimate of drug-likeness (QED) is 0.584. The molecule has 0 aromatic heterocycles. The first-order valence-electron chi connectivity index (χ1n) is 6.01. The van der Waals surface area contributed by atoms with Crippen LogP contribution in [0.1, 0.15) is 26.2 Å². The van der Waals surface area contributed by atoms with E-state index in [4.69, 9.17) is 0 Å². The molecule has 1 unspecified atom stereocenters. The highest BCUT2D eigenvalue weighted by Crippen LogP contribution is 2.05. The van der Waals surface area contributed by atoms with Gasteiger partial charge >= 0.3 is 0 Å². The van der Waals surface area contributed by atoms with Crippen LogP contribution in [-0.4, -0.2) is 45.8 Å². The summed E-state index contributed by atoms with van der Waals surface area (Å²) >= 11 is 0. The SMILES string of the molecule is CCNS(=O)(=O)CCNC1CCCNC(=O)C1. The Kier molecular flexibility index (Phi) is 5.87. The zero-order valence-electron chi connectivity index (χ0n) is 10.2. The van der Waals surface area contributed by atoms with Gasteiger partial charge in [-0.15, -0.1) is 0 Å². The maximum absolute atomic E-state index is 11.4. The lowest BCUT2D eigenvalue weighted by atomic mass is 10.1. The average molecular weight is 263 g/mol. The zero-order chi connectivity index (χ0) is 12.7. The van der Waals surface area contributed by atoms with E-state index in [-0.39, 0.29) is 17.7 Å². The first kappa shape index (κ1) is 14.4. The summed E-state index contributed by atoms with van der Waals surface area (Å²) in [7, 11) is -3.17. The van der Waals surface area contributed by atoms with Crippen molar-refractivity contribution in [3.05, 3.63) is 0 Å². The molecule has 1 atom stereocenters. The van der Waals surface area contributed by atoms with E-state index in [0.717, 1.165) is 12.8 Å². The molecule has 0 aromatic rings. The van der Waals surface area contributed by atoms with Crippen molar-refractivity contribution in [2.24, 2.45) is 0 Å². The van der Waals surface area contributed by atoms with Gasteiger partial charge in [-0.3, -0.25) is 4.79 Å². The molecule has 1 saturated heterocycles. The average Bonchev–Trinajstić information content (AvgIpc) is 2.42. The minimum atomic E-state index is -3.17. The molecule has 1 amide bonds. The summed E-state index contributed by atoms with van der Waals surface area (Å²) in [5.41, 5.74) is 0. The second-order valence-electron chi connectivity index (χ2n) is 4.16. The van der Waals surface area contributed by atoms with Crippen molar-refractivity contribution in [1.29, 1.82) is 0 Å². The summed E-state index contributed by atoms with van der Waals surface area (Å²) < 4.78 is 25.2. The van der Waals surface area contributed by atoms with Crippen LogP contribution < -0.4 is 15.4 Å². The van der Waals surface area contributed by atoms with Gasteiger partial charge in [0.05, 0.1) is 5.75 Å². The van der Waals surface area contributed by atoms with Crippen LogP contribution in [0.3, 0.4) is 0 Å². The number of amides is 1. The highest BCUT2D eigenvalue weighted by Gasteiger charge is 2.17. The summed E-state index contributed by atoms with van der Waals surface area (Å²) in [6.07, 6.45) is 2.27. The standard InChI is InChI=1S/C10H21N3O3S/c1-2-13-17(15,16)7-6-11-9-4-3-5-12-10(14)8-9/h9,11,13H,2-8H2,1H3,(H,12,14). The molecule has 0 radical (unpaired) electrons. The van der Waals surface area contributed by atoms with Crippen molar-refractivity contribution < 1.29 is 13.2 Å². The van der Waals surface area contributed by atoms with Crippen molar-refractivity contribution in [2.75, 3.05) is 25.4 Å².